The van der Waals surface area contributed by atoms with Crippen molar-refractivity contribution in [2.75, 3.05) is 19.8 Å². The number of carbonyl (C=O) groups is 2. The van der Waals surface area contributed by atoms with E-state index < -0.39 is 12.2 Å². The Morgan fingerprint density at radius 3 is 2.48 bits per heavy atom. The van der Waals surface area contributed by atoms with E-state index in [1.807, 2.05) is 30.3 Å². The van der Waals surface area contributed by atoms with Gasteiger partial charge in [-0.3, -0.25) is 4.90 Å². The molecule has 1 amide bonds. The maximum atomic E-state index is 12.5. The number of aliphatic hydroxyl groups excluding tert-OH is 1. The van der Waals surface area contributed by atoms with Crippen LogP contribution < -0.4 is 4.74 Å². The number of carbonyl (C=O) groups excluding carboxylic acids is 2. The van der Waals surface area contributed by atoms with Gasteiger partial charge in [-0.15, -0.1) is 0 Å². The number of amides is 1. The van der Waals surface area contributed by atoms with Crippen LogP contribution in [0.25, 0.3) is 0 Å². The summed E-state index contributed by atoms with van der Waals surface area (Å²) in [6.07, 6.45) is -0.669. The Kier molecular flexibility index (Phi) is 7.08. The third-order valence-electron chi connectivity index (χ3n) is 4.64. The largest absolute Gasteiger partial charge is 0.491 e. The van der Waals surface area contributed by atoms with Crippen molar-refractivity contribution >= 4 is 12.1 Å². The average Bonchev–Trinajstić information content (AvgIpc) is 3.12. The predicted molar refractivity (Wildman–Crippen MR) is 106 cm³/mol. The smallest absolute Gasteiger partial charge is 0.410 e. The molecule has 7 heteroatoms. The van der Waals surface area contributed by atoms with Gasteiger partial charge in [-0.25, -0.2) is 9.59 Å². The fourth-order valence-corrected chi connectivity index (χ4v) is 3.17. The van der Waals surface area contributed by atoms with Crippen molar-refractivity contribution in [1.29, 1.82) is 0 Å². The number of nitrogens with zero attached hydrogens (tertiary/aromatic N) is 1. The normalized spacial score (nSPS) is 18.3. The fraction of sp³-hybridized carbons (Fsp3) is 0.364. The molecule has 2 aromatic carbocycles. The molecule has 7 nitrogen and oxygen atoms in total. The minimum atomic E-state index is -0.612. The molecule has 1 saturated heterocycles. The second-order valence-corrected chi connectivity index (χ2v) is 6.79. The Bertz CT molecular complexity index is 808. The molecule has 0 spiro atoms. The maximum absolute atomic E-state index is 12.5. The summed E-state index contributed by atoms with van der Waals surface area (Å²) in [6.45, 7) is 2.67. The monoisotopic (exact) mass is 399 g/mol. The summed E-state index contributed by atoms with van der Waals surface area (Å²) in [5.41, 5.74) is 1.34. The molecule has 1 aliphatic rings. The molecule has 2 aromatic rings. The number of rotatable bonds is 7. The van der Waals surface area contributed by atoms with Crippen LogP contribution in [0, 0.1) is 0 Å². The Morgan fingerprint density at radius 1 is 1.07 bits per heavy atom. The summed E-state index contributed by atoms with van der Waals surface area (Å²) < 4.78 is 16.1. The van der Waals surface area contributed by atoms with Crippen LogP contribution in [0.1, 0.15) is 29.3 Å². The van der Waals surface area contributed by atoms with Gasteiger partial charge in [-0.1, -0.05) is 30.3 Å². The van der Waals surface area contributed by atoms with E-state index in [-0.39, 0.29) is 31.8 Å². The summed E-state index contributed by atoms with van der Waals surface area (Å²) >= 11 is 0. The maximum Gasteiger partial charge on any atom is 0.410 e. The SMILES string of the molecule is CCOC(=O)c1ccc(OC[C@@H]2C[C@H](O)CN2C(=O)OCc2ccccc2)cc1. The van der Waals surface area contributed by atoms with Gasteiger partial charge in [0, 0.05) is 0 Å². The van der Waals surface area contributed by atoms with Crippen molar-refractivity contribution in [2.45, 2.75) is 32.1 Å². The average molecular weight is 399 g/mol. The molecule has 0 saturated carbocycles. The Labute approximate surface area is 169 Å². The zero-order chi connectivity index (χ0) is 20.6. The first-order valence-electron chi connectivity index (χ1n) is 9.62. The lowest BCUT2D eigenvalue weighted by atomic mass is 10.2. The number of hydrogen-bond acceptors (Lipinski definition) is 6. The summed E-state index contributed by atoms with van der Waals surface area (Å²) in [5.74, 6) is 0.183. The molecule has 2 atom stereocenters. The van der Waals surface area contributed by atoms with Crippen molar-refractivity contribution < 1.29 is 28.9 Å². The predicted octanol–water partition coefficient (Wildman–Crippen LogP) is 3.01. The van der Waals surface area contributed by atoms with Crippen LogP contribution in [-0.2, 0) is 16.1 Å². The number of esters is 1. The van der Waals surface area contributed by atoms with Gasteiger partial charge in [0.1, 0.15) is 19.0 Å². The molecule has 3 rings (SSSR count). The van der Waals surface area contributed by atoms with E-state index >= 15 is 0 Å². The molecule has 0 aliphatic carbocycles. The van der Waals surface area contributed by atoms with Crippen molar-refractivity contribution in [3.8, 4) is 5.75 Å². The van der Waals surface area contributed by atoms with Crippen LogP contribution in [0.3, 0.4) is 0 Å². The number of benzene rings is 2. The van der Waals surface area contributed by atoms with E-state index in [1.54, 1.807) is 31.2 Å². The van der Waals surface area contributed by atoms with E-state index in [1.165, 1.54) is 4.90 Å². The van der Waals surface area contributed by atoms with Crippen LogP contribution in [0.4, 0.5) is 4.79 Å². The van der Waals surface area contributed by atoms with Crippen LogP contribution in [0.15, 0.2) is 54.6 Å². The summed E-state index contributed by atoms with van der Waals surface area (Å²) in [6, 6.07) is 15.7. The first-order chi connectivity index (χ1) is 14.1. The zero-order valence-electron chi connectivity index (χ0n) is 16.3. The van der Waals surface area contributed by atoms with Crippen LogP contribution in [0.5, 0.6) is 5.75 Å². The van der Waals surface area contributed by atoms with Gasteiger partial charge in [-0.05, 0) is 43.2 Å². The van der Waals surface area contributed by atoms with Crippen LogP contribution in [-0.4, -0.2) is 54.0 Å². The van der Waals surface area contributed by atoms with Crippen LogP contribution in [0.2, 0.25) is 0 Å². The molecule has 0 unspecified atom stereocenters. The number of β-amino-alcohol motifs (C(OH)–C–C–N with tert-alkyl or cyclic N) is 1. The minimum Gasteiger partial charge on any atom is -0.491 e. The first-order valence-corrected chi connectivity index (χ1v) is 9.62. The van der Waals surface area contributed by atoms with Gasteiger partial charge < -0.3 is 19.3 Å². The summed E-state index contributed by atoms with van der Waals surface area (Å²) in [7, 11) is 0. The second kappa shape index (κ2) is 9.93. The highest BCUT2D eigenvalue weighted by atomic mass is 16.6. The standard InChI is InChI=1S/C22H25NO6/c1-2-27-21(25)17-8-10-20(11-9-17)28-15-18-12-19(24)13-23(18)22(26)29-14-16-6-4-3-5-7-16/h3-11,18-19,24H,2,12-15H2,1H3/t18-,19-/m0/s1. The lowest BCUT2D eigenvalue weighted by Gasteiger charge is -2.24. The molecule has 154 valence electrons. The van der Waals surface area contributed by atoms with Crippen molar-refractivity contribution in [3.05, 3.63) is 65.7 Å². The van der Waals surface area contributed by atoms with Crippen LogP contribution >= 0.6 is 0 Å². The van der Waals surface area contributed by atoms with Gasteiger partial charge >= 0.3 is 12.1 Å². The topological polar surface area (TPSA) is 85.3 Å². The lowest BCUT2D eigenvalue weighted by Crippen LogP contribution is -2.39. The Balaban J connectivity index is 1.53. The van der Waals surface area contributed by atoms with Crippen molar-refractivity contribution in [2.24, 2.45) is 0 Å². The number of likely N-dealkylation sites (tertiary alicyclic amines) is 1. The quantitative estimate of drug-likeness (QED) is 0.721. The highest BCUT2D eigenvalue weighted by Gasteiger charge is 2.35. The van der Waals surface area contributed by atoms with E-state index in [9.17, 15) is 14.7 Å². The highest BCUT2D eigenvalue weighted by Crippen LogP contribution is 2.21. The minimum absolute atomic E-state index is 0.176. The lowest BCUT2D eigenvalue weighted by molar-refractivity contribution is 0.0526. The molecule has 29 heavy (non-hydrogen) atoms. The Hall–Kier alpha value is -3.06. The molecular weight excluding hydrogens is 374 g/mol. The molecule has 0 radical (unpaired) electrons. The molecule has 1 aliphatic heterocycles. The third-order valence-corrected chi connectivity index (χ3v) is 4.64. The van der Waals surface area contributed by atoms with E-state index in [0.29, 0.717) is 24.3 Å². The fourth-order valence-electron chi connectivity index (χ4n) is 3.17. The zero-order valence-corrected chi connectivity index (χ0v) is 16.3. The van der Waals surface area contributed by atoms with Crippen molar-refractivity contribution in [3.63, 3.8) is 0 Å². The highest BCUT2D eigenvalue weighted by molar-refractivity contribution is 5.89. The number of aliphatic hydroxyl groups is 1. The Morgan fingerprint density at radius 2 is 1.79 bits per heavy atom. The molecule has 0 aromatic heterocycles. The van der Waals surface area contributed by atoms with E-state index in [0.717, 1.165) is 5.56 Å². The molecule has 1 fully saturated rings. The number of ether oxygens (including phenoxy) is 3. The van der Waals surface area contributed by atoms with Gasteiger partial charge in [-0.2, -0.15) is 0 Å². The summed E-state index contributed by atoms with van der Waals surface area (Å²) in [5, 5.41) is 9.99. The second-order valence-electron chi connectivity index (χ2n) is 6.79. The first kappa shape index (κ1) is 20.7. The van der Waals surface area contributed by atoms with Gasteiger partial charge in [0.25, 0.3) is 0 Å². The van der Waals surface area contributed by atoms with Gasteiger partial charge in [0.15, 0.2) is 0 Å². The van der Waals surface area contributed by atoms with Crippen molar-refractivity contribution in [1.82, 2.24) is 4.90 Å². The molecule has 1 N–H and O–H groups in total. The third kappa shape index (κ3) is 5.71. The van der Waals surface area contributed by atoms with Gasteiger partial charge in [0.2, 0.25) is 0 Å². The molecular formula is C22H25NO6. The number of hydrogen-bond donors (Lipinski definition) is 1. The summed E-state index contributed by atoms with van der Waals surface area (Å²) in [4.78, 5) is 25.6. The van der Waals surface area contributed by atoms with E-state index in [4.69, 9.17) is 14.2 Å². The molecule has 0 bridgehead atoms. The van der Waals surface area contributed by atoms with E-state index in [2.05, 4.69) is 0 Å². The molecule has 1 heterocycles. The van der Waals surface area contributed by atoms with Gasteiger partial charge in [0.05, 0.1) is 30.9 Å².